The number of carbonyl (C=O) groups excluding carboxylic acids is 1. The predicted molar refractivity (Wildman–Crippen MR) is 124 cm³/mol. The van der Waals surface area contributed by atoms with Crippen LogP contribution in [-0.4, -0.2) is 16.0 Å². The van der Waals surface area contributed by atoms with E-state index >= 15 is 0 Å². The Morgan fingerprint density at radius 1 is 1.12 bits per heavy atom. The molecule has 2 aromatic carbocycles. The molecular weight excluding hydrogens is 474 g/mol. The number of rotatable bonds is 7. The van der Waals surface area contributed by atoms with Gasteiger partial charge in [-0.05, 0) is 55.0 Å². The zero-order valence-electron chi connectivity index (χ0n) is 17.9. The molecule has 0 radical (unpaired) electrons. The first-order chi connectivity index (χ1) is 15.4. The normalized spacial score (nSPS) is 11.0. The number of aryl methyl sites for hydroxylation is 1. The summed E-state index contributed by atoms with van der Waals surface area (Å²) in [6, 6.07) is 16.4. The molecule has 4 aromatic rings. The molecule has 1 N–H and O–H groups in total. The first-order valence-electron chi connectivity index (χ1n) is 10.1. The molecule has 4 rings (SSSR count). The van der Waals surface area contributed by atoms with Crippen molar-refractivity contribution in [1.82, 2.24) is 10.1 Å². The van der Waals surface area contributed by atoms with Crippen molar-refractivity contribution in [2.45, 2.75) is 33.3 Å². The zero-order chi connectivity index (χ0) is 22.7. The number of para-hydroxylation sites is 1. The molecule has 0 aliphatic rings. The van der Waals surface area contributed by atoms with Gasteiger partial charge >= 0.3 is 0 Å². The average molecular weight is 496 g/mol. The lowest BCUT2D eigenvalue weighted by Crippen LogP contribution is -2.13. The number of aromatic nitrogens is 2. The van der Waals surface area contributed by atoms with Crippen LogP contribution in [0, 0.1) is 6.92 Å². The number of anilines is 1. The lowest BCUT2D eigenvalue weighted by molar-refractivity contribution is 0.0992. The summed E-state index contributed by atoms with van der Waals surface area (Å²) in [5.41, 5.74) is 2.12. The highest BCUT2D eigenvalue weighted by Crippen LogP contribution is 2.31. The Balaban J connectivity index is 1.49. The number of ether oxygens (including phenoxy) is 1. The van der Waals surface area contributed by atoms with E-state index in [1.165, 1.54) is 0 Å². The zero-order valence-corrected chi connectivity index (χ0v) is 19.5. The summed E-state index contributed by atoms with van der Waals surface area (Å²) in [7, 11) is 0. The van der Waals surface area contributed by atoms with E-state index in [1.807, 2.05) is 63.2 Å². The number of carbonyl (C=O) groups is 1. The molecule has 0 spiro atoms. The molecular formula is C24H22BrN3O4. The minimum Gasteiger partial charge on any atom is -0.486 e. The molecule has 7 nitrogen and oxygen atoms in total. The number of nitrogens with zero attached hydrogens (tertiary/aromatic N) is 2. The second-order valence-corrected chi connectivity index (χ2v) is 8.49. The van der Waals surface area contributed by atoms with E-state index < -0.39 is 0 Å². The van der Waals surface area contributed by atoms with Crippen LogP contribution in [0.15, 0.2) is 68.0 Å². The Kier molecular flexibility index (Phi) is 6.41. The number of halogens is 1. The smallest absolute Gasteiger partial charge is 0.291 e. The standard InChI is InChI=1S/C24H22BrN3O4/c1-14(2)22-27-24(32-28-22)19-6-4-5-15(3)21(19)26-23(29)20-12-11-18(31-20)13-30-17-9-7-16(25)8-10-17/h4-12,14H,13H2,1-3H3,(H,26,29). The first kappa shape index (κ1) is 21.8. The van der Waals surface area contributed by atoms with Crippen LogP contribution < -0.4 is 10.1 Å². The fraction of sp³-hybridized carbons (Fsp3) is 0.208. The second-order valence-electron chi connectivity index (χ2n) is 7.57. The van der Waals surface area contributed by atoms with Crippen molar-refractivity contribution < 1.29 is 18.5 Å². The molecule has 0 aliphatic carbocycles. The SMILES string of the molecule is Cc1cccc(-c2nc(C(C)C)no2)c1NC(=O)c1ccc(COc2ccc(Br)cc2)o1. The van der Waals surface area contributed by atoms with Gasteiger partial charge in [0.05, 0.1) is 11.3 Å². The molecule has 0 fully saturated rings. The Hall–Kier alpha value is -3.39. The molecule has 0 saturated heterocycles. The van der Waals surface area contributed by atoms with Crippen LogP contribution in [0.3, 0.4) is 0 Å². The third-order valence-electron chi connectivity index (χ3n) is 4.78. The summed E-state index contributed by atoms with van der Waals surface area (Å²) in [5.74, 6) is 2.16. The summed E-state index contributed by atoms with van der Waals surface area (Å²) >= 11 is 3.39. The highest BCUT2D eigenvalue weighted by molar-refractivity contribution is 9.10. The molecule has 8 heteroatoms. The van der Waals surface area contributed by atoms with E-state index in [2.05, 4.69) is 31.4 Å². The summed E-state index contributed by atoms with van der Waals surface area (Å²) in [6.07, 6.45) is 0. The van der Waals surface area contributed by atoms with Gasteiger partial charge in [-0.25, -0.2) is 0 Å². The van der Waals surface area contributed by atoms with Crippen LogP contribution in [0.5, 0.6) is 5.75 Å². The minimum absolute atomic E-state index is 0.136. The molecule has 2 aromatic heterocycles. The van der Waals surface area contributed by atoms with Crippen molar-refractivity contribution in [3.05, 3.63) is 82.0 Å². The molecule has 0 unspecified atom stereocenters. The average Bonchev–Trinajstić information content (AvgIpc) is 3.45. The van der Waals surface area contributed by atoms with E-state index in [-0.39, 0.29) is 24.2 Å². The van der Waals surface area contributed by atoms with E-state index in [9.17, 15) is 4.79 Å². The largest absolute Gasteiger partial charge is 0.486 e. The van der Waals surface area contributed by atoms with Crippen LogP contribution in [0.4, 0.5) is 5.69 Å². The van der Waals surface area contributed by atoms with Gasteiger partial charge < -0.3 is 19.0 Å². The molecule has 0 saturated carbocycles. The Labute approximate surface area is 193 Å². The van der Waals surface area contributed by atoms with Crippen LogP contribution in [0.2, 0.25) is 0 Å². The summed E-state index contributed by atoms with van der Waals surface area (Å²) in [6.45, 7) is 6.09. The van der Waals surface area contributed by atoms with Gasteiger partial charge in [-0.15, -0.1) is 0 Å². The first-order valence-corrected chi connectivity index (χ1v) is 10.9. The highest BCUT2D eigenvalue weighted by atomic mass is 79.9. The van der Waals surface area contributed by atoms with Crippen LogP contribution in [-0.2, 0) is 6.61 Å². The summed E-state index contributed by atoms with van der Waals surface area (Å²) < 4.78 is 17.8. The van der Waals surface area contributed by atoms with E-state index in [0.29, 0.717) is 34.5 Å². The molecule has 0 aliphatic heterocycles. The van der Waals surface area contributed by atoms with Crippen molar-refractivity contribution in [1.29, 1.82) is 0 Å². The van der Waals surface area contributed by atoms with E-state index in [1.54, 1.807) is 12.1 Å². The van der Waals surface area contributed by atoms with Crippen LogP contribution >= 0.6 is 15.9 Å². The van der Waals surface area contributed by atoms with Gasteiger partial charge in [0, 0.05) is 10.4 Å². The van der Waals surface area contributed by atoms with Crippen molar-refractivity contribution in [2.24, 2.45) is 0 Å². The molecule has 0 bridgehead atoms. The van der Waals surface area contributed by atoms with Crippen LogP contribution in [0.25, 0.3) is 11.5 Å². The fourth-order valence-corrected chi connectivity index (χ4v) is 3.29. The van der Waals surface area contributed by atoms with Gasteiger partial charge in [0.15, 0.2) is 11.6 Å². The number of hydrogen-bond donors (Lipinski definition) is 1. The lowest BCUT2D eigenvalue weighted by Gasteiger charge is -2.11. The quantitative estimate of drug-likeness (QED) is 0.321. The second kappa shape index (κ2) is 9.40. The number of nitrogens with one attached hydrogen (secondary N) is 1. The number of benzene rings is 2. The van der Waals surface area contributed by atoms with Gasteiger partial charge in [0.1, 0.15) is 18.1 Å². The number of hydrogen-bond acceptors (Lipinski definition) is 6. The maximum atomic E-state index is 12.9. The monoisotopic (exact) mass is 495 g/mol. The Morgan fingerprint density at radius 3 is 2.62 bits per heavy atom. The lowest BCUT2D eigenvalue weighted by atomic mass is 10.1. The maximum absolute atomic E-state index is 12.9. The maximum Gasteiger partial charge on any atom is 0.291 e. The van der Waals surface area contributed by atoms with Gasteiger partial charge in [0.2, 0.25) is 0 Å². The summed E-state index contributed by atoms with van der Waals surface area (Å²) in [5, 5.41) is 6.94. The molecule has 1 amide bonds. The van der Waals surface area contributed by atoms with E-state index in [4.69, 9.17) is 13.7 Å². The van der Waals surface area contributed by atoms with Gasteiger partial charge in [-0.3, -0.25) is 4.79 Å². The molecule has 0 atom stereocenters. The molecule has 2 heterocycles. The van der Waals surface area contributed by atoms with Crippen molar-refractivity contribution in [3.8, 4) is 17.2 Å². The van der Waals surface area contributed by atoms with Crippen LogP contribution in [0.1, 0.15) is 47.5 Å². The predicted octanol–water partition coefficient (Wildman–Crippen LogP) is 6.36. The summed E-state index contributed by atoms with van der Waals surface area (Å²) in [4.78, 5) is 17.3. The third-order valence-corrected chi connectivity index (χ3v) is 5.31. The van der Waals surface area contributed by atoms with Gasteiger partial charge in [-0.1, -0.05) is 47.1 Å². The Morgan fingerprint density at radius 2 is 1.91 bits per heavy atom. The topological polar surface area (TPSA) is 90.4 Å². The molecule has 164 valence electrons. The minimum atomic E-state index is -0.376. The third kappa shape index (κ3) is 4.91. The number of amides is 1. The van der Waals surface area contributed by atoms with Crippen molar-refractivity contribution in [2.75, 3.05) is 5.32 Å². The fourth-order valence-electron chi connectivity index (χ4n) is 3.03. The van der Waals surface area contributed by atoms with Gasteiger partial charge in [-0.2, -0.15) is 4.98 Å². The molecule has 32 heavy (non-hydrogen) atoms. The van der Waals surface area contributed by atoms with E-state index in [0.717, 1.165) is 10.0 Å². The highest BCUT2D eigenvalue weighted by Gasteiger charge is 2.19. The van der Waals surface area contributed by atoms with Crippen molar-refractivity contribution in [3.63, 3.8) is 0 Å². The number of furan rings is 1. The Bertz CT molecular complexity index is 1230. The van der Waals surface area contributed by atoms with Crippen molar-refractivity contribution >= 4 is 27.5 Å². The van der Waals surface area contributed by atoms with Gasteiger partial charge in [0.25, 0.3) is 11.8 Å².